The first kappa shape index (κ1) is 12.7. The van der Waals surface area contributed by atoms with Crippen LogP contribution in [-0.4, -0.2) is 23.6 Å². The lowest BCUT2D eigenvalue weighted by Gasteiger charge is -2.26. The summed E-state index contributed by atoms with van der Waals surface area (Å²) in [7, 11) is 0. The van der Waals surface area contributed by atoms with Gasteiger partial charge in [0, 0.05) is 0 Å². The van der Waals surface area contributed by atoms with Gasteiger partial charge < -0.3 is 5.11 Å². The van der Waals surface area contributed by atoms with E-state index >= 15 is 0 Å². The first-order chi connectivity index (χ1) is 7.62. The van der Waals surface area contributed by atoms with Crippen LogP contribution in [0.1, 0.15) is 19.3 Å². The Kier molecular flexibility index (Phi) is 2.72. The van der Waals surface area contributed by atoms with Crippen molar-refractivity contribution in [3.8, 4) is 0 Å². The van der Waals surface area contributed by atoms with E-state index in [-0.39, 0.29) is 6.42 Å². The van der Waals surface area contributed by atoms with Crippen molar-refractivity contribution in [2.24, 2.45) is 11.8 Å². The molecule has 0 aromatic heterocycles. The topological polar surface area (TPSA) is 20.2 Å². The van der Waals surface area contributed by atoms with Crippen LogP contribution in [0.2, 0.25) is 0 Å². The normalized spacial score (nSPS) is 33.4. The van der Waals surface area contributed by atoms with Gasteiger partial charge in [-0.25, -0.2) is 0 Å². The Morgan fingerprint density at radius 2 is 1.53 bits per heavy atom. The molecule has 0 aromatic carbocycles. The van der Waals surface area contributed by atoms with E-state index in [2.05, 4.69) is 0 Å². The molecule has 7 heteroatoms. The van der Waals surface area contributed by atoms with Gasteiger partial charge in [0.2, 0.25) is 0 Å². The molecule has 0 saturated heterocycles. The van der Waals surface area contributed by atoms with E-state index < -0.39 is 41.4 Å². The number of fused-ring (bicyclic) bond motifs is 2. The van der Waals surface area contributed by atoms with Gasteiger partial charge >= 0.3 is 12.4 Å². The molecule has 2 saturated carbocycles. The van der Waals surface area contributed by atoms with Crippen molar-refractivity contribution in [2.75, 3.05) is 0 Å². The molecule has 2 aliphatic carbocycles. The molecule has 98 valence electrons. The summed E-state index contributed by atoms with van der Waals surface area (Å²) in [5.74, 6) is -1.22. The molecule has 3 unspecified atom stereocenters. The summed E-state index contributed by atoms with van der Waals surface area (Å²) in [6, 6.07) is 0. The number of hydrogen-bond acceptors (Lipinski definition) is 1. The van der Waals surface area contributed by atoms with Crippen LogP contribution in [0.5, 0.6) is 0 Å². The summed E-state index contributed by atoms with van der Waals surface area (Å²) in [5, 5.41) is 9.52. The van der Waals surface area contributed by atoms with E-state index in [0.717, 1.165) is 0 Å². The molecule has 17 heavy (non-hydrogen) atoms. The van der Waals surface area contributed by atoms with Crippen LogP contribution in [0.4, 0.5) is 26.3 Å². The molecule has 1 nitrogen and oxygen atoms in total. The third kappa shape index (κ3) is 2.05. The van der Waals surface area contributed by atoms with Crippen LogP contribution in [0.25, 0.3) is 0 Å². The molecule has 2 aliphatic rings. The van der Waals surface area contributed by atoms with Gasteiger partial charge in [0.25, 0.3) is 0 Å². The largest absolute Gasteiger partial charge is 0.421 e. The number of rotatable bonds is 0. The second kappa shape index (κ2) is 3.63. The Morgan fingerprint density at radius 1 is 1.00 bits per heavy atom. The van der Waals surface area contributed by atoms with Crippen molar-refractivity contribution >= 4 is 0 Å². The van der Waals surface area contributed by atoms with E-state index in [1.54, 1.807) is 0 Å². The fourth-order valence-electron chi connectivity index (χ4n) is 2.92. The Balaban J connectivity index is 2.52. The van der Waals surface area contributed by atoms with Crippen LogP contribution >= 0.6 is 0 Å². The maximum Gasteiger partial charge on any atom is 0.421 e. The first-order valence-electron chi connectivity index (χ1n) is 5.19. The number of aliphatic hydroxyl groups excluding tert-OH is 1. The molecule has 3 atom stereocenters. The molecule has 2 rings (SSSR count). The highest BCUT2D eigenvalue weighted by atomic mass is 19.4. The Morgan fingerprint density at radius 3 is 1.88 bits per heavy atom. The predicted molar refractivity (Wildman–Crippen MR) is 46.0 cm³/mol. The van der Waals surface area contributed by atoms with Crippen LogP contribution in [0.3, 0.4) is 0 Å². The molecule has 0 heterocycles. The van der Waals surface area contributed by atoms with Gasteiger partial charge in [0.05, 0.1) is 6.10 Å². The smallest absolute Gasteiger partial charge is 0.388 e. The quantitative estimate of drug-likeness (QED) is 0.524. The summed E-state index contributed by atoms with van der Waals surface area (Å²) in [4.78, 5) is 0. The maximum absolute atomic E-state index is 12.5. The molecule has 0 spiro atoms. The zero-order chi connectivity index (χ0) is 13.0. The summed E-state index contributed by atoms with van der Waals surface area (Å²) >= 11 is 0. The highest BCUT2D eigenvalue weighted by molar-refractivity contribution is 5.34. The zero-order valence-corrected chi connectivity index (χ0v) is 8.57. The SMILES string of the molecule is OC1C(=C(C(F)(F)F)C(F)(F)F)C2CCC1C2. The molecular formula is C10H10F6O. The number of aliphatic hydroxyl groups is 1. The highest BCUT2D eigenvalue weighted by Crippen LogP contribution is 2.54. The van der Waals surface area contributed by atoms with Crippen molar-refractivity contribution in [2.45, 2.75) is 37.7 Å². The average Bonchev–Trinajstić information content (AvgIpc) is 2.64. The Bertz CT molecular complexity index is 333. The van der Waals surface area contributed by atoms with Crippen LogP contribution < -0.4 is 0 Å². The molecule has 2 fully saturated rings. The Hall–Kier alpha value is -0.720. The third-order valence-corrected chi connectivity index (χ3v) is 3.53. The fourth-order valence-corrected chi connectivity index (χ4v) is 2.92. The molecule has 0 amide bonds. The first-order valence-corrected chi connectivity index (χ1v) is 5.19. The number of halogens is 6. The minimum atomic E-state index is -5.46. The Labute approximate surface area is 93.1 Å². The standard InChI is InChI=1S/C10H10F6O/c11-9(12,13)8(10(14,15)16)6-4-1-2-5(3-4)7(6)17/h4-5,7,17H,1-3H2. The number of allylic oxidation sites excluding steroid dienone is 1. The molecule has 0 aliphatic heterocycles. The third-order valence-electron chi connectivity index (χ3n) is 3.53. The van der Waals surface area contributed by atoms with E-state index in [9.17, 15) is 31.4 Å². The summed E-state index contributed by atoms with van der Waals surface area (Å²) in [6.45, 7) is 0. The zero-order valence-electron chi connectivity index (χ0n) is 8.57. The number of hydrogen-bond donors (Lipinski definition) is 1. The van der Waals surface area contributed by atoms with Crippen molar-refractivity contribution < 1.29 is 31.4 Å². The van der Waals surface area contributed by atoms with Gasteiger partial charge in [-0.1, -0.05) is 0 Å². The highest BCUT2D eigenvalue weighted by Gasteiger charge is 2.57. The average molecular weight is 260 g/mol. The summed E-state index contributed by atoms with van der Waals surface area (Å²) in [5.41, 5.74) is -3.34. The van der Waals surface area contributed by atoms with Crippen LogP contribution in [-0.2, 0) is 0 Å². The number of alkyl halides is 6. The van der Waals surface area contributed by atoms with Gasteiger partial charge in [-0.05, 0) is 36.7 Å². The molecular weight excluding hydrogens is 250 g/mol. The van der Waals surface area contributed by atoms with E-state index in [1.807, 2.05) is 0 Å². The lowest BCUT2D eigenvalue weighted by Crippen LogP contribution is -2.33. The van der Waals surface area contributed by atoms with Gasteiger partial charge in [-0.15, -0.1) is 0 Å². The van der Waals surface area contributed by atoms with Crippen molar-refractivity contribution in [1.29, 1.82) is 0 Å². The van der Waals surface area contributed by atoms with Crippen molar-refractivity contribution in [3.05, 3.63) is 11.1 Å². The molecule has 0 radical (unpaired) electrons. The van der Waals surface area contributed by atoms with Crippen molar-refractivity contribution in [1.82, 2.24) is 0 Å². The maximum atomic E-state index is 12.5. The minimum Gasteiger partial charge on any atom is -0.388 e. The van der Waals surface area contributed by atoms with Gasteiger partial charge in [-0.2, -0.15) is 26.3 Å². The van der Waals surface area contributed by atoms with Gasteiger partial charge in [0.15, 0.2) is 0 Å². The lowest BCUT2D eigenvalue weighted by molar-refractivity contribution is -0.174. The minimum absolute atomic E-state index is 0.228. The second-order valence-electron chi connectivity index (χ2n) is 4.54. The van der Waals surface area contributed by atoms with Gasteiger partial charge in [0.1, 0.15) is 5.57 Å². The molecule has 1 N–H and O–H groups in total. The summed E-state index contributed by atoms with van der Waals surface area (Å²) < 4.78 is 74.9. The van der Waals surface area contributed by atoms with Crippen LogP contribution in [0, 0.1) is 11.8 Å². The van der Waals surface area contributed by atoms with Gasteiger partial charge in [-0.3, -0.25) is 0 Å². The fraction of sp³-hybridized carbons (Fsp3) is 0.800. The monoisotopic (exact) mass is 260 g/mol. The lowest BCUT2D eigenvalue weighted by atomic mass is 9.88. The predicted octanol–water partition coefficient (Wildman–Crippen LogP) is 3.20. The van der Waals surface area contributed by atoms with Crippen molar-refractivity contribution in [3.63, 3.8) is 0 Å². The molecule has 2 bridgehead atoms. The van der Waals surface area contributed by atoms with Crippen LogP contribution in [0.15, 0.2) is 11.1 Å². The van der Waals surface area contributed by atoms with E-state index in [1.165, 1.54) is 0 Å². The molecule has 0 aromatic rings. The van der Waals surface area contributed by atoms with E-state index in [4.69, 9.17) is 0 Å². The second-order valence-corrected chi connectivity index (χ2v) is 4.54. The van der Waals surface area contributed by atoms with E-state index in [0.29, 0.717) is 12.8 Å². The summed E-state index contributed by atoms with van der Waals surface area (Å²) in [6.07, 6.45) is -11.5.